The lowest BCUT2D eigenvalue weighted by atomic mass is 9.97. The normalized spacial score (nSPS) is 10.8. The monoisotopic (exact) mass is 265 g/mol. The second-order valence-corrected chi connectivity index (χ2v) is 4.41. The van der Waals surface area contributed by atoms with E-state index >= 15 is 0 Å². The van der Waals surface area contributed by atoms with Gasteiger partial charge in [-0.05, 0) is 37.2 Å². The molecule has 1 N–H and O–H groups in total. The Labute approximate surface area is 110 Å². The van der Waals surface area contributed by atoms with Crippen molar-refractivity contribution in [2.75, 3.05) is 7.05 Å². The first-order valence-corrected chi connectivity index (χ1v) is 5.92. The largest absolute Gasteiger partial charge is 0.316 e. The van der Waals surface area contributed by atoms with Gasteiger partial charge in [-0.25, -0.2) is 13.2 Å². The summed E-state index contributed by atoms with van der Waals surface area (Å²) < 4.78 is 40.2. The Morgan fingerprint density at radius 2 is 1.68 bits per heavy atom. The van der Waals surface area contributed by atoms with Crippen molar-refractivity contribution in [3.8, 4) is 11.1 Å². The minimum atomic E-state index is -1.44. The Balaban J connectivity index is 2.64. The van der Waals surface area contributed by atoms with Crippen LogP contribution in [0.25, 0.3) is 11.1 Å². The molecule has 0 saturated carbocycles. The van der Waals surface area contributed by atoms with Gasteiger partial charge in [0.2, 0.25) is 0 Å². The zero-order chi connectivity index (χ0) is 14.0. The highest BCUT2D eigenvalue weighted by atomic mass is 19.2. The third-order valence-electron chi connectivity index (χ3n) is 2.96. The topological polar surface area (TPSA) is 12.0 Å². The van der Waals surface area contributed by atoms with Crippen LogP contribution >= 0.6 is 0 Å². The highest BCUT2D eigenvalue weighted by molar-refractivity contribution is 5.69. The van der Waals surface area contributed by atoms with E-state index in [2.05, 4.69) is 5.32 Å². The maximum absolute atomic E-state index is 13.9. The molecular formula is C15H14F3N. The number of hydrogen-bond acceptors (Lipinski definition) is 1. The van der Waals surface area contributed by atoms with Crippen LogP contribution in [0.1, 0.15) is 11.1 Å². The number of hydrogen-bond donors (Lipinski definition) is 1. The number of benzene rings is 2. The molecule has 0 amide bonds. The van der Waals surface area contributed by atoms with Gasteiger partial charge in [-0.2, -0.15) is 0 Å². The number of rotatable bonds is 3. The highest BCUT2D eigenvalue weighted by Gasteiger charge is 2.16. The number of aryl methyl sites for hydroxylation is 1. The van der Waals surface area contributed by atoms with Gasteiger partial charge in [0.15, 0.2) is 17.5 Å². The second-order valence-electron chi connectivity index (χ2n) is 4.41. The molecule has 0 unspecified atom stereocenters. The van der Waals surface area contributed by atoms with Gasteiger partial charge >= 0.3 is 0 Å². The molecule has 100 valence electrons. The summed E-state index contributed by atoms with van der Waals surface area (Å²) in [6.07, 6.45) is 0. The zero-order valence-corrected chi connectivity index (χ0v) is 10.7. The van der Waals surface area contributed by atoms with Crippen LogP contribution in [0.5, 0.6) is 0 Å². The fourth-order valence-corrected chi connectivity index (χ4v) is 2.02. The van der Waals surface area contributed by atoms with Gasteiger partial charge in [-0.15, -0.1) is 0 Å². The molecule has 19 heavy (non-hydrogen) atoms. The Morgan fingerprint density at radius 3 is 2.37 bits per heavy atom. The molecule has 0 aliphatic rings. The van der Waals surface area contributed by atoms with Crippen molar-refractivity contribution in [2.24, 2.45) is 0 Å². The Morgan fingerprint density at radius 1 is 0.947 bits per heavy atom. The molecule has 0 aromatic heterocycles. The maximum Gasteiger partial charge on any atom is 0.195 e. The lowest BCUT2D eigenvalue weighted by Crippen LogP contribution is -2.07. The molecule has 0 saturated heterocycles. The van der Waals surface area contributed by atoms with Crippen molar-refractivity contribution < 1.29 is 13.2 Å². The van der Waals surface area contributed by atoms with Gasteiger partial charge in [0.1, 0.15) is 0 Å². The van der Waals surface area contributed by atoms with Crippen molar-refractivity contribution in [3.05, 3.63) is 58.9 Å². The molecule has 0 atom stereocenters. The minimum Gasteiger partial charge on any atom is -0.316 e. The van der Waals surface area contributed by atoms with E-state index in [1.165, 1.54) is 6.07 Å². The summed E-state index contributed by atoms with van der Waals surface area (Å²) in [5, 5.41) is 2.97. The Kier molecular flexibility index (Phi) is 3.90. The first kappa shape index (κ1) is 13.6. The molecule has 2 aromatic rings. The van der Waals surface area contributed by atoms with Gasteiger partial charge in [-0.3, -0.25) is 0 Å². The summed E-state index contributed by atoms with van der Waals surface area (Å²) >= 11 is 0. The predicted octanol–water partition coefficient (Wildman–Crippen LogP) is 3.80. The molecule has 4 heteroatoms. The third kappa shape index (κ3) is 2.63. The number of halogens is 3. The van der Waals surface area contributed by atoms with Crippen molar-refractivity contribution >= 4 is 0 Å². The average Bonchev–Trinajstić information content (AvgIpc) is 2.39. The van der Waals surface area contributed by atoms with Gasteiger partial charge < -0.3 is 5.32 Å². The standard InChI is InChI=1S/C15H14F3N/c1-9-3-4-10(8-19-2)12(7-9)11-5-6-13(16)15(18)14(11)17/h3-7,19H,8H2,1-2H3. The molecular weight excluding hydrogens is 251 g/mol. The molecule has 0 fully saturated rings. The molecule has 0 aliphatic carbocycles. The van der Waals surface area contributed by atoms with Crippen molar-refractivity contribution in [1.82, 2.24) is 5.32 Å². The van der Waals surface area contributed by atoms with Gasteiger partial charge in [0.05, 0.1) is 0 Å². The van der Waals surface area contributed by atoms with E-state index in [4.69, 9.17) is 0 Å². The van der Waals surface area contributed by atoms with E-state index in [1.54, 1.807) is 13.1 Å². The van der Waals surface area contributed by atoms with Crippen LogP contribution in [0, 0.1) is 24.4 Å². The van der Waals surface area contributed by atoms with E-state index in [9.17, 15) is 13.2 Å². The quantitative estimate of drug-likeness (QED) is 0.832. The Hall–Kier alpha value is -1.81. The maximum atomic E-state index is 13.9. The summed E-state index contributed by atoms with van der Waals surface area (Å²) in [7, 11) is 1.77. The SMILES string of the molecule is CNCc1ccc(C)cc1-c1ccc(F)c(F)c1F. The summed E-state index contributed by atoms with van der Waals surface area (Å²) in [5.41, 5.74) is 2.41. The lowest BCUT2D eigenvalue weighted by Gasteiger charge is -2.12. The van der Waals surface area contributed by atoms with Crippen LogP contribution in [0.2, 0.25) is 0 Å². The van der Waals surface area contributed by atoms with Crippen LogP contribution in [0.4, 0.5) is 13.2 Å². The molecule has 1 nitrogen and oxygen atoms in total. The smallest absolute Gasteiger partial charge is 0.195 e. The van der Waals surface area contributed by atoms with Crippen molar-refractivity contribution in [3.63, 3.8) is 0 Å². The molecule has 2 rings (SSSR count). The van der Waals surface area contributed by atoms with E-state index in [0.717, 1.165) is 17.2 Å². The van der Waals surface area contributed by atoms with Gasteiger partial charge in [0, 0.05) is 12.1 Å². The molecule has 0 spiro atoms. The van der Waals surface area contributed by atoms with Crippen molar-refractivity contribution in [1.29, 1.82) is 0 Å². The lowest BCUT2D eigenvalue weighted by molar-refractivity contribution is 0.449. The molecule has 0 heterocycles. The number of nitrogens with one attached hydrogen (secondary N) is 1. The molecule has 2 aromatic carbocycles. The van der Waals surface area contributed by atoms with Crippen LogP contribution in [-0.4, -0.2) is 7.05 Å². The fraction of sp³-hybridized carbons (Fsp3) is 0.200. The van der Waals surface area contributed by atoms with Crippen LogP contribution in [0.15, 0.2) is 30.3 Å². The van der Waals surface area contributed by atoms with Crippen LogP contribution in [0.3, 0.4) is 0 Å². The second kappa shape index (κ2) is 5.45. The molecule has 0 aliphatic heterocycles. The van der Waals surface area contributed by atoms with E-state index in [-0.39, 0.29) is 5.56 Å². The van der Waals surface area contributed by atoms with Crippen LogP contribution < -0.4 is 5.32 Å². The third-order valence-corrected chi connectivity index (χ3v) is 2.96. The molecule has 0 radical (unpaired) electrons. The zero-order valence-electron chi connectivity index (χ0n) is 10.7. The van der Waals surface area contributed by atoms with Crippen molar-refractivity contribution in [2.45, 2.75) is 13.5 Å². The first-order chi connectivity index (χ1) is 9.04. The van der Waals surface area contributed by atoms with Gasteiger partial charge in [-0.1, -0.05) is 23.8 Å². The average molecular weight is 265 g/mol. The highest BCUT2D eigenvalue weighted by Crippen LogP contribution is 2.29. The summed E-state index contributed by atoms with van der Waals surface area (Å²) in [4.78, 5) is 0. The summed E-state index contributed by atoms with van der Waals surface area (Å²) in [6, 6.07) is 7.72. The van der Waals surface area contributed by atoms with Crippen LogP contribution in [-0.2, 0) is 6.54 Å². The van der Waals surface area contributed by atoms with Gasteiger partial charge in [0.25, 0.3) is 0 Å². The Bertz CT molecular complexity index is 609. The molecule has 0 bridgehead atoms. The minimum absolute atomic E-state index is 0.0767. The summed E-state index contributed by atoms with van der Waals surface area (Å²) in [6.45, 7) is 2.39. The van der Waals surface area contributed by atoms with E-state index in [1.807, 2.05) is 19.1 Å². The predicted molar refractivity (Wildman–Crippen MR) is 69.3 cm³/mol. The first-order valence-electron chi connectivity index (χ1n) is 5.92. The fourth-order valence-electron chi connectivity index (χ4n) is 2.02. The van der Waals surface area contributed by atoms with E-state index in [0.29, 0.717) is 12.1 Å². The summed E-state index contributed by atoms with van der Waals surface area (Å²) in [5.74, 6) is -3.76. The van der Waals surface area contributed by atoms with E-state index < -0.39 is 17.5 Å².